The van der Waals surface area contributed by atoms with Crippen molar-refractivity contribution in [2.75, 3.05) is 28.2 Å². The molecule has 2 nitrogen and oxygen atoms in total. The Balaban J connectivity index is 4.80. The Hall–Kier alpha value is -0.141. The van der Waals surface area contributed by atoms with Crippen LogP contribution in [0.3, 0.4) is 0 Å². The summed E-state index contributed by atoms with van der Waals surface area (Å²) in [6, 6.07) is 0. The van der Waals surface area contributed by atoms with Crippen molar-refractivity contribution in [2.45, 2.75) is 52.4 Å². The summed E-state index contributed by atoms with van der Waals surface area (Å²) in [6.07, 6.45) is 17.2. The SMILES string of the molecule is CCCC/C=C(\C=[N+](C)C)[Se][Se]/C(C=[N+](C)C)=C/CCCC. The third kappa shape index (κ3) is 13.5. The molecule has 0 aromatic carbocycles. The summed E-state index contributed by atoms with van der Waals surface area (Å²) >= 11 is 1.16. The Morgan fingerprint density at radius 1 is 0.727 bits per heavy atom. The van der Waals surface area contributed by atoms with Crippen LogP contribution >= 0.6 is 0 Å². The molecule has 0 saturated carbocycles. The molecule has 126 valence electrons. The summed E-state index contributed by atoms with van der Waals surface area (Å²) in [6.45, 7) is 4.53. The van der Waals surface area contributed by atoms with E-state index in [-0.39, 0.29) is 0 Å². The fourth-order valence-electron chi connectivity index (χ4n) is 1.72. The first kappa shape index (κ1) is 21.9. The van der Waals surface area contributed by atoms with Gasteiger partial charge in [-0.1, -0.05) is 0 Å². The second-order valence-electron chi connectivity index (χ2n) is 5.85. The molecule has 0 unspecified atom stereocenters. The molecule has 0 aliphatic rings. The van der Waals surface area contributed by atoms with E-state index in [1.165, 1.54) is 38.5 Å². The number of hydrogen-bond acceptors (Lipinski definition) is 0. The number of rotatable bonds is 11. The Bertz CT molecular complexity index is 373. The molecule has 0 fully saturated rings. The minimum atomic E-state index is 0.579. The molecule has 0 heterocycles. The van der Waals surface area contributed by atoms with Crippen molar-refractivity contribution >= 4 is 38.7 Å². The Labute approximate surface area is 149 Å². The molecule has 4 heteroatoms. The minimum absolute atomic E-state index is 0.579. The molecule has 0 aromatic rings. The zero-order valence-electron chi connectivity index (χ0n) is 15.3. The summed E-state index contributed by atoms with van der Waals surface area (Å²) in [4.78, 5) is 0. The summed E-state index contributed by atoms with van der Waals surface area (Å²) in [7, 11) is 8.50. The van der Waals surface area contributed by atoms with Gasteiger partial charge >= 0.3 is 150 Å². The van der Waals surface area contributed by atoms with Crippen LogP contribution in [0.15, 0.2) is 21.1 Å². The van der Waals surface area contributed by atoms with E-state index in [0.29, 0.717) is 26.3 Å². The summed E-state index contributed by atoms with van der Waals surface area (Å²) < 4.78 is 7.48. The maximum absolute atomic E-state index is 2.46. The second-order valence-corrected chi connectivity index (χ2v) is 12.2. The van der Waals surface area contributed by atoms with Crippen LogP contribution < -0.4 is 0 Å². The monoisotopic (exact) mass is 438 g/mol. The molecule has 0 radical (unpaired) electrons. The van der Waals surface area contributed by atoms with Gasteiger partial charge in [0.2, 0.25) is 0 Å². The van der Waals surface area contributed by atoms with Crippen molar-refractivity contribution in [3.8, 4) is 0 Å². The van der Waals surface area contributed by atoms with E-state index in [0.717, 1.165) is 0 Å². The van der Waals surface area contributed by atoms with E-state index in [2.05, 4.69) is 75.8 Å². The second kappa shape index (κ2) is 14.5. The average Bonchev–Trinajstić information content (AvgIpc) is 2.43. The van der Waals surface area contributed by atoms with Crippen LogP contribution in [0.1, 0.15) is 52.4 Å². The van der Waals surface area contributed by atoms with Gasteiger partial charge in [-0.25, -0.2) is 0 Å². The molecular formula is C18H34N2Se2+2. The van der Waals surface area contributed by atoms with E-state index < -0.39 is 0 Å². The fraction of sp³-hybridized carbons (Fsp3) is 0.667. The quantitative estimate of drug-likeness (QED) is 0.203. The fourth-order valence-corrected chi connectivity index (χ4v) is 8.49. The molecule has 0 aromatic heterocycles. The Morgan fingerprint density at radius 2 is 1.09 bits per heavy atom. The summed E-state index contributed by atoms with van der Waals surface area (Å²) in [5.74, 6) is 0. The topological polar surface area (TPSA) is 6.02 Å². The van der Waals surface area contributed by atoms with Crippen LogP contribution in [0.25, 0.3) is 0 Å². The van der Waals surface area contributed by atoms with Gasteiger partial charge in [0, 0.05) is 0 Å². The standard InChI is InChI=1S/C18H34N2Se2/c1-7-9-11-13-17(15-19(3)4)21-22-18(16-20(5)6)14-12-10-8-2/h13-16H,7-12H2,1-6H3/q+2/b17-13+,18-14+. The van der Waals surface area contributed by atoms with Gasteiger partial charge < -0.3 is 0 Å². The molecule has 0 aliphatic heterocycles. The van der Waals surface area contributed by atoms with Crippen LogP contribution in [0.2, 0.25) is 0 Å². The molecule has 0 bridgehead atoms. The molecular weight excluding hydrogens is 402 g/mol. The Morgan fingerprint density at radius 3 is 1.36 bits per heavy atom. The van der Waals surface area contributed by atoms with Gasteiger partial charge in [-0.3, -0.25) is 0 Å². The van der Waals surface area contributed by atoms with Crippen molar-refractivity contribution in [1.82, 2.24) is 0 Å². The molecule has 0 spiro atoms. The number of nitrogens with zero attached hydrogens (tertiary/aromatic N) is 2. The van der Waals surface area contributed by atoms with Crippen molar-refractivity contribution in [3.63, 3.8) is 0 Å². The van der Waals surface area contributed by atoms with Gasteiger partial charge in [-0.2, -0.15) is 0 Å². The van der Waals surface area contributed by atoms with Gasteiger partial charge in [0.25, 0.3) is 0 Å². The van der Waals surface area contributed by atoms with Crippen LogP contribution in [0.5, 0.6) is 0 Å². The third-order valence-electron chi connectivity index (χ3n) is 2.81. The third-order valence-corrected chi connectivity index (χ3v) is 10.0. The van der Waals surface area contributed by atoms with Crippen molar-refractivity contribution in [2.24, 2.45) is 0 Å². The van der Waals surface area contributed by atoms with Crippen molar-refractivity contribution < 1.29 is 9.15 Å². The molecule has 0 aliphatic carbocycles. The Kier molecular flexibility index (Phi) is 14.4. The van der Waals surface area contributed by atoms with E-state index in [4.69, 9.17) is 0 Å². The summed E-state index contributed by atoms with van der Waals surface area (Å²) in [5.41, 5.74) is 0. The van der Waals surface area contributed by atoms with Crippen LogP contribution in [0.4, 0.5) is 0 Å². The molecule has 0 rings (SSSR count). The van der Waals surface area contributed by atoms with Gasteiger partial charge in [0.05, 0.1) is 0 Å². The van der Waals surface area contributed by atoms with Crippen LogP contribution in [-0.4, -0.2) is 76.0 Å². The van der Waals surface area contributed by atoms with Crippen LogP contribution in [0, 0.1) is 0 Å². The first-order valence-electron chi connectivity index (χ1n) is 8.27. The van der Waals surface area contributed by atoms with Gasteiger partial charge in [0.15, 0.2) is 0 Å². The van der Waals surface area contributed by atoms with E-state index in [9.17, 15) is 0 Å². The van der Waals surface area contributed by atoms with Gasteiger partial charge in [0.1, 0.15) is 0 Å². The van der Waals surface area contributed by atoms with Crippen molar-refractivity contribution in [3.05, 3.63) is 21.1 Å². The normalized spacial score (nSPS) is 12.3. The van der Waals surface area contributed by atoms with E-state index in [1.807, 2.05) is 0 Å². The number of hydrogen-bond donors (Lipinski definition) is 0. The number of unbranched alkanes of at least 4 members (excludes halogenated alkanes) is 4. The summed E-state index contributed by atoms with van der Waals surface area (Å²) in [5, 5.41) is 0. The van der Waals surface area contributed by atoms with E-state index >= 15 is 0 Å². The van der Waals surface area contributed by atoms with E-state index in [1.54, 1.807) is 8.94 Å². The molecule has 0 saturated heterocycles. The molecule has 0 atom stereocenters. The average molecular weight is 436 g/mol. The van der Waals surface area contributed by atoms with Gasteiger partial charge in [-0.15, -0.1) is 0 Å². The van der Waals surface area contributed by atoms with Crippen LogP contribution in [-0.2, 0) is 0 Å². The van der Waals surface area contributed by atoms with Gasteiger partial charge in [-0.05, 0) is 0 Å². The first-order valence-corrected chi connectivity index (χ1v) is 14.3. The number of allylic oxidation sites excluding steroid dienone is 4. The predicted octanol–water partition coefficient (Wildman–Crippen LogP) is 3.14. The first-order chi connectivity index (χ1) is 10.5. The molecule has 0 amide bonds. The predicted molar refractivity (Wildman–Crippen MR) is 103 cm³/mol. The van der Waals surface area contributed by atoms with Crippen molar-refractivity contribution in [1.29, 1.82) is 0 Å². The zero-order valence-corrected chi connectivity index (χ0v) is 18.7. The zero-order chi connectivity index (χ0) is 16.8. The maximum atomic E-state index is 2.46. The molecule has 22 heavy (non-hydrogen) atoms. The molecule has 0 N–H and O–H groups in total.